The van der Waals surface area contributed by atoms with Crippen LogP contribution in [0, 0.1) is 13.8 Å². The first-order valence-corrected chi connectivity index (χ1v) is 9.32. The van der Waals surface area contributed by atoms with E-state index in [-0.39, 0.29) is 6.03 Å². The maximum absolute atomic E-state index is 12.0. The van der Waals surface area contributed by atoms with Crippen LogP contribution in [0.2, 0.25) is 5.02 Å². The number of aryl methyl sites for hydroxylation is 2. The smallest absolute Gasteiger partial charge is 0.319 e. The molecule has 0 aliphatic carbocycles. The lowest BCUT2D eigenvalue weighted by molar-refractivity contribution is 0.252. The topological polar surface area (TPSA) is 106 Å². The molecule has 0 aliphatic rings. The Morgan fingerprint density at radius 2 is 2.03 bits per heavy atom. The zero-order valence-electron chi connectivity index (χ0n) is 16.4. The Balaban J connectivity index is 1.50. The van der Waals surface area contributed by atoms with Gasteiger partial charge >= 0.3 is 6.03 Å². The number of nitrogens with one attached hydrogen (secondary N) is 3. The summed E-state index contributed by atoms with van der Waals surface area (Å²) in [7, 11) is 1.53. The van der Waals surface area contributed by atoms with Gasteiger partial charge in [-0.3, -0.25) is 4.57 Å². The van der Waals surface area contributed by atoms with Crippen molar-refractivity contribution in [2.24, 2.45) is 0 Å². The lowest BCUT2D eigenvalue weighted by Gasteiger charge is -2.11. The first kappa shape index (κ1) is 20.4. The Hall–Kier alpha value is -3.33. The summed E-state index contributed by atoms with van der Waals surface area (Å²) in [6, 6.07) is 6.53. The third-order valence-electron chi connectivity index (χ3n) is 4.02. The Morgan fingerprint density at radius 3 is 2.72 bits per heavy atom. The first-order valence-electron chi connectivity index (χ1n) is 8.94. The van der Waals surface area contributed by atoms with Crippen LogP contribution in [0.5, 0.6) is 5.75 Å². The lowest BCUT2D eigenvalue weighted by Crippen LogP contribution is -2.32. The van der Waals surface area contributed by atoms with Gasteiger partial charge in [0.15, 0.2) is 0 Å². The standard InChI is InChI=1S/C19H22ClN7O2/c1-12-24-17(11-18(25-12)27-9-8-21-13(27)2)22-6-7-23-19(28)26-14-4-5-16(29-3)15(20)10-14/h4-5,8-11H,6-7H2,1-3H3,(H,22,24,25)(H2,23,26,28). The van der Waals surface area contributed by atoms with Gasteiger partial charge in [0.05, 0.1) is 12.1 Å². The van der Waals surface area contributed by atoms with Gasteiger partial charge in [-0.25, -0.2) is 19.7 Å². The minimum atomic E-state index is -0.332. The number of benzene rings is 1. The van der Waals surface area contributed by atoms with E-state index in [1.807, 2.05) is 30.7 Å². The number of hydrogen-bond acceptors (Lipinski definition) is 6. The number of carbonyl (C=O) groups excluding carboxylic acids is 1. The molecule has 10 heteroatoms. The molecular formula is C19H22ClN7O2. The molecule has 0 unspecified atom stereocenters. The summed E-state index contributed by atoms with van der Waals surface area (Å²) in [5.74, 6) is 3.43. The van der Waals surface area contributed by atoms with Crippen LogP contribution < -0.4 is 20.7 Å². The van der Waals surface area contributed by atoms with Crippen LogP contribution in [-0.4, -0.2) is 45.7 Å². The summed E-state index contributed by atoms with van der Waals surface area (Å²) in [5, 5.41) is 9.10. The van der Waals surface area contributed by atoms with Crippen molar-refractivity contribution < 1.29 is 9.53 Å². The van der Waals surface area contributed by atoms with Gasteiger partial charge in [0, 0.05) is 37.2 Å². The summed E-state index contributed by atoms with van der Waals surface area (Å²) in [6.45, 7) is 4.63. The Labute approximate surface area is 173 Å². The summed E-state index contributed by atoms with van der Waals surface area (Å²) in [6.07, 6.45) is 3.57. The number of nitrogens with zero attached hydrogens (tertiary/aromatic N) is 4. The van der Waals surface area contributed by atoms with Gasteiger partial charge in [0.2, 0.25) is 0 Å². The molecule has 0 aliphatic heterocycles. The van der Waals surface area contributed by atoms with Gasteiger partial charge in [-0.05, 0) is 32.0 Å². The van der Waals surface area contributed by atoms with Crippen LogP contribution >= 0.6 is 11.6 Å². The van der Waals surface area contributed by atoms with Crippen molar-refractivity contribution in [3.8, 4) is 11.6 Å². The van der Waals surface area contributed by atoms with E-state index in [2.05, 4.69) is 30.9 Å². The summed E-state index contributed by atoms with van der Waals surface area (Å²) >= 11 is 6.06. The number of methoxy groups -OCH3 is 1. The van der Waals surface area contributed by atoms with Crippen LogP contribution in [0.4, 0.5) is 16.3 Å². The Bertz CT molecular complexity index is 1010. The number of urea groups is 1. The molecule has 2 heterocycles. The quantitative estimate of drug-likeness (QED) is 0.512. The third-order valence-corrected chi connectivity index (χ3v) is 4.32. The SMILES string of the molecule is COc1ccc(NC(=O)NCCNc2cc(-n3ccnc3C)nc(C)n2)cc1Cl. The number of amides is 2. The molecule has 0 spiro atoms. The lowest BCUT2D eigenvalue weighted by atomic mass is 10.3. The fourth-order valence-corrected chi connectivity index (χ4v) is 2.93. The zero-order valence-corrected chi connectivity index (χ0v) is 17.1. The van der Waals surface area contributed by atoms with Gasteiger partial charge < -0.3 is 20.7 Å². The molecule has 2 aromatic heterocycles. The van der Waals surface area contributed by atoms with Crippen LogP contribution in [0.15, 0.2) is 36.7 Å². The minimum absolute atomic E-state index is 0.332. The normalized spacial score (nSPS) is 10.5. The van der Waals surface area contributed by atoms with Crippen LogP contribution in [0.1, 0.15) is 11.6 Å². The summed E-state index contributed by atoms with van der Waals surface area (Å²) in [5.41, 5.74) is 0.577. The van der Waals surface area contributed by atoms with E-state index in [0.717, 1.165) is 11.6 Å². The molecule has 2 amide bonds. The molecule has 0 saturated heterocycles. The number of carbonyl (C=O) groups is 1. The molecule has 3 rings (SSSR count). The molecule has 152 valence electrons. The maximum Gasteiger partial charge on any atom is 0.319 e. The first-order chi connectivity index (χ1) is 14.0. The Morgan fingerprint density at radius 1 is 1.21 bits per heavy atom. The van der Waals surface area contributed by atoms with Crippen molar-refractivity contribution in [3.63, 3.8) is 0 Å². The van der Waals surface area contributed by atoms with Crippen molar-refractivity contribution >= 4 is 29.1 Å². The number of halogens is 1. The van der Waals surface area contributed by atoms with E-state index in [0.29, 0.717) is 41.2 Å². The van der Waals surface area contributed by atoms with Gasteiger partial charge in [-0.1, -0.05) is 11.6 Å². The molecular weight excluding hydrogens is 394 g/mol. The van der Waals surface area contributed by atoms with E-state index in [4.69, 9.17) is 16.3 Å². The largest absolute Gasteiger partial charge is 0.495 e. The van der Waals surface area contributed by atoms with Crippen LogP contribution in [-0.2, 0) is 0 Å². The second-order valence-electron chi connectivity index (χ2n) is 6.16. The molecule has 3 aromatic rings. The molecule has 0 fully saturated rings. The van der Waals surface area contributed by atoms with E-state index < -0.39 is 0 Å². The highest BCUT2D eigenvalue weighted by molar-refractivity contribution is 6.32. The molecule has 0 atom stereocenters. The molecule has 9 nitrogen and oxygen atoms in total. The van der Waals surface area contributed by atoms with Crippen molar-refractivity contribution in [2.75, 3.05) is 30.8 Å². The summed E-state index contributed by atoms with van der Waals surface area (Å²) < 4.78 is 6.97. The highest BCUT2D eigenvalue weighted by Gasteiger charge is 2.07. The van der Waals surface area contributed by atoms with Crippen molar-refractivity contribution in [2.45, 2.75) is 13.8 Å². The maximum atomic E-state index is 12.0. The van der Waals surface area contributed by atoms with Gasteiger partial charge in [0.25, 0.3) is 0 Å². The zero-order chi connectivity index (χ0) is 20.8. The van der Waals surface area contributed by atoms with Gasteiger partial charge in [-0.15, -0.1) is 0 Å². The van der Waals surface area contributed by atoms with Crippen molar-refractivity contribution in [3.05, 3.63) is 53.3 Å². The van der Waals surface area contributed by atoms with Gasteiger partial charge in [-0.2, -0.15) is 0 Å². The molecule has 0 bridgehead atoms. The molecule has 3 N–H and O–H groups in total. The number of hydrogen-bond donors (Lipinski definition) is 3. The number of aromatic nitrogens is 4. The van der Waals surface area contributed by atoms with E-state index in [1.54, 1.807) is 24.4 Å². The van der Waals surface area contributed by atoms with Crippen LogP contribution in [0.25, 0.3) is 5.82 Å². The van der Waals surface area contributed by atoms with Crippen LogP contribution in [0.3, 0.4) is 0 Å². The summed E-state index contributed by atoms with van der Waals surface area (Å²) in [4.78, 5) is 25.0. The van der Waals surface area contributed by atoms with Crippen molar-refractivity contribution in [1.29, 1.82) is 0 Å². The molecule has 0 radical (unpaired) electrons. The highest BCUT2D eigenvalue weighted by atomic mass is 35.5. The Kier molecular flexibility index (Phi) is 6.50. The van der Waals surface area contributed by atoms with Gasteiger partial charge in [0.1, 0.15) is 29.0 Å². The fourth-order valence-electron chi connectivity index (χ4n) is 2.67. The highest BCUT2D eigenvalue weighted by Crippen LogP contribution is 2.27. The predicted octanol–water partition coefficient (Wildman–Crippen LogP) is 3.17. The monoisotopic (exact) mass is 415 g/mol. The van der Waals surface area contributed by atoms with E-state index in [9.17, 15) is 4.79 Å². The van der Waals surface area contributed by atoms with Crippen molar-refractivity contribution in [1.82, 2.24) is 24.8 Å². The second kappa shape index (κ2) is 9.24. The molecule has 29 heavy (non-hydrogen) atoms. The predicted molar refractivity (Wildman–Crippen MR) is 112 cm³/mol. The fraction of sp³-hybridized carbons (Fsp3) is 0.263. The number of imidazole rings is 1. The second-order valence-corrected chi connectivity index (χ2v) is 6.57. The third kappa shape index (κ3) is 5.35. The number of ether oxygens (including phenoxy) is 1. The number of anilines is 2. The minimum Gasteiger partial charge on any atom is -0.495 e. The molecule has 1 aromatic carbocycles. The average molecular weight is 416 g/mol. The van der Waals surface area contributed by atoms with E-state index in [1.165, 1.54) is 7.11 Å². The molecule has 0 saturated carbocycles. The van der Waals surface area contributed by atoms with E-state index >= 15 is 0 Å². The average Bonchev–Trinajstić information content (AvgIpc) is 3.11. The number of rotatable bonds is 7.